The van der Waals surface area contributed by atoms with E-state index in [2.05, 4.69) is 25.2 Å². The van der Waals surface area contributed by atoms with E-state index in [0.29, 0.717) is 10.6 Å². The predicted molar refractivity (Wildman–Crippen MR) is 115 cm³/mol. The van der Waals surface area contributed by atoms with Gasteiger partial charge in [-0.25, -0.2) is 4.98 Å². The quantitative estimate of drug-likeness (QED) is 0.688. The van der Waals surface area contributed by atoms with E-state index < -0.39 is 0 Å². The number of pyridine rings is 1. The van der Waals surface area contributed by atoms with Crippen LogP contribution in [0.4, 0.5) is 0 Å². The van der Waals surface area contributed by atoms with Crippen LogP contribution >= 0.6 is 11.8 Å². The molecule has 1 aliphatic rings. The molecule has 29 heavy (non-hydrogen) atoms. The second-order valence-corrected chi connectivity index (χ2v) is 8.62. The third-order valence-corrected chi connectivity index (χ3v) is 6.35. The molecule has 1 unspecified atom stereocenters. The highest BCUT2D eigenvalue weighted by Crippen LogP contribution is 2.32. The summed E-state index contributed by atoms with van der Waals surface area (Å²) in [5, 5.41) is 13.4. The van der Waals surface area contributed by atoms with Crippen molar-refractivity contribution in [2.45, 2.75) is 51.1 Å². The van der Waals surface area contributed by atoms with Gasteiger partial charge in [0.15, 0.2) is 0 Å². The minimum absolute atomic E-state index is 0.0617. The van der Waals surface area contributed by atoms with Gasteiger partial charge in [-0.2, -0.15) is 5.26 Å². The van der Waals surface area contributed by atoms with Crippen molar-refractivity contribution < 1.29 is 9.53 Å². The van der Waals surface area contributed by atoms with Crippen molar-refractivity contribution in [2.75, 3.05) is 12.9 Å². The Morgan fingerprint density at radius 2 is 2.03 bits per heavy atom. The molecule has 1 heterocycles. The van der Waals surface area contributed by atoms with Crippen LogP contribution in [-0.4, -0.2) is 23.8 Å². The molecule has 1 atom stereocenters. The molecule has 5 nitrogen and oxygen atoms in total. The van der Waals surface area contributed by atoms with Gasteiger partial charge in [0.2, 0.25) is 5.91 Å². The number of thioether (sulfide) groups is 1. The Morgan fingerprint density at radius 3 is 2.66 bits per heavy atom. The Kier molecular flexibility index (Phi) is 6.81. The van der Waals surface area contributed by atoms with Crippen molar-refractivity contribution in [3.63, 3.8) is 0 Å². The van der Waals surface area contributed by atoms with Crippen LogP contribution in [0, 0.1) is 24.2 Å². The molecule has 152 valence electrons. The number of fused-ring (bicyclic) bond motifs is 1. The van der Waals surface area contributed by atoms with E-state index in [1.165, 1.54) is 17.3 Å². The monoisotopic (exact) mass is 409 g/mol. The van der Waals surface area contributed by atoms with E-state index in [4.69, 9.17) is 9.72 Å². The first kappa shape index (κ1) is 21.2. The molecule has 2 aromatic rings. The summed E-state index contributed by atoms with van der Waals surface area (Å²) >= 11 is 1.35. The van der Waals surface area contributed by atoms with Gasteiger partial charge >= 0.3 is 0 Å². The highest BCUT2D eigenvalue weighted by molar-refractivity contribution is 8.00. The van der Waals surface area contributed by atoms with E-state index in [9.17, 15) is 10.1 Å². The van der Waals surface area contributed by atoms with Gasteiger partial charge in [0.05, 0.1) is 24.5 Å². The lowest BCUT2D eigenvalue weighted by molar-refractivity contribution is -0.119. The molecule has 1 aliphatic carbocycles. The van der Waals surface area contributed by atoms with Gasteiger partial charge in [0.1, 0.15) is 16.8 Å². The van der Waals surface area contributed by atoms with E-state index >= 15 is 0 Å². The fraction of sp³-hybridized carbons (Fsp3) is 0.435. The summed E-state index contributed by atoms with van der Waals surface area (Å²) in [6.45, 7) is 6.16. The second kappa shape index (κ2) is 9.32. The highest BCUT2D eigenvalue weighted by atomic mass is 32.2. The Labute approximate surface area is 176 Å². The second-order valence-electron chi connectivity index (χ2n) is 7.66. The number of rotatable bonds is 7. The summed E-state index contributed by atoms with van der Waals surface area (Å²) in [5.41, 5.74) is 4.98. The van der Waals surface area contributed by atoms with Crippen molar-refractivity contribution in [2.24, 2.45) is 5.92 Å². The number of hydrogen-bond donors (Lipinski definition) is 1. The lowest BCUT2D eigenvalue weighted by Gasteiger charge is -2.23. The average molecular weight is 410 g/mol. The number of ether oxygens (including phenoxy) is 1. The number of carbonyl (C=O) groups excluding carboxylic acids is 1. The molecule has 1 amide bonds. The Morgan fingerprint density at radius 1 is 1.31 bits per heavy atom. The van der Waals surface area contributed by atoms with E-state index in [1.54, 1.807) is 7.11 Å². The molecule has 1 aromatic heterocycles. The van der Waals surface area contributed by atoms with Gasteiger partial charge in [-0.3, -0.25) is 4.79 Å². The van der Waals surface area contributed by atoms with Gasteiger partial charge in [0.25, 0.3) is 0 Å². The lowest BCUT2D eigenvalue weighted by atomic mass is 9.96. The number of nitrogens with zero attached hydrogens (tertiary/aromatic N) is 2. The first-order valence-electron chi connectivity index (χ1n) is 9.93. The number of aryl methyl sites for hydroxylation is 1. The van der Waals surface area contributed by atoms with Crippen LogP contribution < -0.4 is 10.1 Å². The number of methoxy groups -OCH3 is 1. The van der Waals surface area contributed by atoms with Crippen LogP contribution in [0.5, 0.6) is 5.75 Å². The zero-order valence-electron chi connectivity index (χ0n) is 17.4. The fourth-order valence-corrected chi connectivity index (χ4v) is 4.65. The molecule has 0 radical (unpaired) electrons. The molecular weight excluding hydrogens is 382 g/mol. The number of nitriles is 1. The molecule has 0 fully saturated rings. The van der Waals surface area contributed by atoms with Gasteiger partial charge < -0.3 is 10.1 Å². The van der Waals surface area contributed by atoms with Gasteiger partial charge in [-0.05, 0) is 60.9 Å². The number of amides is 1. The van der Waals surface area contributed by atoms with E-state index in [1.807, 2.05) is 31.2 Å². The topological polar surface area (TPSA) is 75.0 Å². The van der Waals surface area contributed by atoms with Crippen molar-refractivity contribution in [1.82, 2.24) is 10.3 Å². The molecular formula is C23H27N3O2S. The molecule has 0 saturated carbocycles. The van der Waals surface area contributed by atoms with Gasteiger partial charge in [0, 0.05) is 5.69 Å². The summed E-state index contributed by atoms with van der Waals surface area (Å²) in [7, 11) is 1.64. The summed E-state index contributed by atoms with van der Waals surface area (Å²) in [6, 6.07) is 9.98. The molecule has 1 N–H and O–H groups in total. The van der Waals surface area contributed by atoms with Crippen LogP contribution in [-0.2, 0) is 17.6 Å². The Hall–Kier alpha value is -2.52. The normalized spacial score (nSPS) is 13.7. The minimum atomic E-state index is -0.0841. The third kappa shape index (κ3) is 4.73. The molecule has 0 spiro atoms. The van der Waals surface area contributed by atoms with Crippen molar-refractivity contribution in [3.8, 4) is 11.8 Å². The largest absolute Gasteiger partial charge is 0.497 e. The third-order valence-electron chi connectivity index (χ3n) is 5.38. The standard InChI is InChI=1S/C23H27N3O2S/c1-14(2)22(16-8-10-17(28-4)11-9-16)26-21(27)13-29-23-19(12-24)15(3)18-6-5-7-20(18)25-23/h8-11,14,22H,5-7,13H2,1-4H3,(H,26,27). The van der Waals surface area contributed by atoms with Gasteiger partial charge in [-0.15, -0.1) is 0 Å². The number of carbonyl (C=O) groups is 1. The lowest BCUT2D eigenvalue weighted by Crippen LogP contribution is -2.33. The van der Waals surface area contributed by atoms with Crippen LogP contribution in [0.25, 0.3) is 0 Å². The number of benzene rings is 1. The van der Waals surface area contributed by atoms with Crippen LogP contribution in [0.15, 0.2) is 29.3 Å². The SMILES string of the molecule is COc1ccc(C(NC(=O)CSc2nc3c(c(C)c2C#N)CCC3)C(C)C)cc1. The fourth-order valence-electron chi connectivity index (χ4n) is 3.78. The first-order chi connectivity index (χ1) is 13.9. The molecule has 0 aliphatic heterocycles. The zero-order chi connectivity index (χ0) is 21.0. The zero-order valence-corrected chi connectivity index (χ0v) is 18.2. The first-order valence-corrected chi connectivity index (χ1v) is 10.9. The molecule has 3 rings (SSSR count). The summed E-state index contributed by atoms with van der Waals surface area (Å²) in [4.78, 5) is 17.4. The predicted octanol–water partition coefficient (Wildman–Crippen LogP) is 4.36. The van der Waals surface area contributed by atoms with Crippen molar-refractivity contribution in [1.29, 1.82) is 5.26 Å². The number of aromatic nitrogens is 1. The minimum Gasteiger partial charge on any atom is -0.497 e. The molecule has 1 aromatic carbocycles. The van der Waals surface area contributed by atoms with Crippen molar-refractivity contribution >= 4 is 17.7 Å². The molecule has 0 saturated heterocycles. The highest BCUT2D eigenvalue weighted by Gasteiger charge is 2.22. The smallest absolute Gasteiger partial charge is 0.230 e. The number of nitrogens with one attached hydrogen (secondary N) is 1. The summed E-state index contributed by atoms with van der Waals surface area (Å²) in [5.74, 6) is 1.21. The Balaban J connectivity index is 1.70. The maximum absolute atomic E-state index is 12.7. The average Bonchev–Trinajstić information content (AvgIpc) is 3.19. The van der Waals surface area contributed by atoms with Crippen LogP contribution in [0.2, 0.25) is 0 Å². The van der Waals surface area contributed by atoms with Crippen LogP contribution in [0.3, 0.4) is 0 Å². The summed E-state index contributed by atoms with van der Waals surface area (Å²) < 4.78 is 5.22. The van der Waals surface area contributed by atoms with Gasteiger partial charge in [-0.1, -0.05) is 37.7 Å². The summed E-state index contributed by atoms with van der Waals surface area (Å²) in [6.07, 6.45) is 3.03. The number of hydrogen-bond acceptors (Lipinski definition) is 5. The Bertz CT molecular complexity index is 933. The van der Waals surface area contributed by atoms with E-state index in [0.717, 1.165) is 41.8 Å². The van der Waals surface area contributed by atoms with Crippen molar-refractivity contribution in [3.05, 3.63) is 52.2 Å². The molecule has 0 bridgehead atoms. The maximum atomic E-state index is 12.7. The molecule has 6 heteroatoms. The maximum Gasteiger partial charge on any atom is 0.230 e. The van der Waals surface area contributed by atoms with Crippen LogP contribution in [0.1, 0.15) is 54.3 Å². The van der Waals surface area contributed by atoms with E-state index in [-0.39, 0.29) is 23.6 Å².